The molecule has 0 aromatic heterocycles. The molecule has 27 heavy (non-hydrogen) atoms. The average molecular weight is 374 g/mol. The molecule has 1 aliphatic heterocycles. The molecule has 0 aromatic rings. The Kier molecular flexibility index (Phi) is 8.81. The van der Waals surface area contributed by atoms with Crippen LogP contribution in [0.15, 0.2) is 48.4 Å². The molecule has 1 aliphatic carbocycles. The summed E-state index contributed by atoms with van der Waals surface area (Å²) in [6.45, 7) is 13.1. The molecule has 0 bridgehead atoms. The number of nitrogens with zero attached hydrogens (tertiary/aromatic N) is 2. The topological polar surface area (TPSA) is 38.7 Å². The third-order valence-corrected chi connectivity index (χ3v) is 6.04. The van der Waals surface area contributed by atoms with Gasteiger partial charge in [-0.15, -0.1) is 0 Å². The lowest BCUT2D eigenvalue weighted by atomic mass is 9.72. The van der Waals surface area contributed by atoms with E-state index in [1.54, 1.807) is 0 Å². The molecule has 2 N–H and O–H groups in total. The van der Waals surface area contributed by atoms with E-state index in [2.05, 4.69) is 60.9 Å². The van der Waals surface area contributed by atoms with E-state index >= 15 is 0 Å². The molecular formula is C23H39N3O. The molecule has 2 rings (SSSR count). The highest BCUT2D eigenvalue weighted by Gasteiger charge is 2.40. The van der Waals surface area contributed by atoms with Crippen LogP contribution in [-0.2, 0) is 0 Å². The van der Waals surface area contributed by atoms with Gasteiger partial charge in [0.15, 0.2) is 0 Å². The van der Waals surface area contributed by atoms with Gasteiger partial charge in [0.05, 0.1) is 5.60 Å². The van der Waals surface area contributed by atoms with Crippen LogP contribution in [0.5, 0.6) is 0 Å². The van der Waals surface area contributed by atoms with E-state index in [9.17, 15) is 5.11 Å². The molecule has 1 unspecified atom stereocenters. The van der Waals surface area contributed by atoms with E-state index in [0.29, 0.717) is 0 Å². The van der Waals surface area contributed by atoms with Gasteiger partial charge in [-0.25, -0.2) is 0 Å². The molecule has 2 aliphatic rings. The van der Waals surface area contributed by atoms with Crippen molar-refractivity contribution in [2.24, 2.45) is 5.92 Å². The first-order valence-corrected chi connectivity index (χ1v) is 10.5. The Hall–Kier alpha value is -1.36. The molecule has 0 amide bonds. The molecule has 1 saturated carbocycles. The first-order chi connectivity index (χ1) is 13.0. The predicted molar refractivity (Wildman–Crippen MR) is 115 cm³/mol. The zero-order valence-corrected chi connectivity index (χ0v) is 17.6. The van der Waals surface area contributed by atoms with E-state index in [0.717, 1.165) is 64.1 Å². The maximum Gasteiger partial charge on any atom is 0.0728 e. The van der Waals surface area contributed by atoms with Crippen molar-refractivity contribution in [1.29, 1.82) is 0 Å². The number of hydrogen-bond acceptors (Lipinski definition) is 4. The molecule has 1 heterocycles. The number of nitrogens with one attached hydrogen (secondary N) is 1. The number of hydrogen-bond donors (Lipinski definition) is 2. The van der Waals surface area contributed by atoms with Gasteiger partial charge >= 0.3 is 0 Å². The summed E-state index contributed by atoms with van der Waals surface area (Å²) in [5, 5.41) is 15.1. The van der Waals surface area contributed by atoms with Crippen LogP contribution in [0.25, 0.3) is 0 Å². The minimum atomic E-state index is -0.606. The van der Waals surface area contributed by atoms with Crippen LogP contribution in [-0.4, -0.2) is 60.3 Å². The second kappa shape index (κ2) is 10.8. The highest BCUT2D eigenvalue weighted by atomic mass is 16.3. The van der Waals surface area contributed by atoms with Gasteiger partial charge in [0.1, 0.15) is 0 Å². The summed E-state index contributed by atoms with van der Waals surface area (Å²) in [7, 11) is 2.08. The van der Waals surface area contributed by atoms with Crippen LogP contribution < -0.4 is 5.32 Å². The maximum absolute atomic E-state index is 11.6. The summed E-state index contributed by atoms with van der Waals surface area (Å²) in [4.78, 5) is 4.66. The van der Waals surface area contributed by atoms with E-state index < -0.39 is 5.60 Å². The van der Waals surface area contributed by atoms with Crippen LogP contribution >= 0.6 is 0 Å². The summed E-state index contributed by atoms with van der Waals surface area (Å²) in [6, 6.07) is 0. The van der Waals surface area contributed by atoms with E-state index in [1.165, 1.54) is 12.0 Å². The standard InChI is InChI=1S/C23H39N3O/c1-5-10-20(3)25(4)18-21(11-6-2)22(19-26-16-14-24-15-17-26)23(27)12-8-7-9-13-23/h5-6,10-11,18,22,24,27H,1,7-9,12-17,19H2,2-4H3/b11-6+,20-10+,21-18+. The minimum absolute atomic E-state index is 0.131. The minimum Gasteiger partial charge on any atom is -0.389 e. The van der Waals surface area contributed by atoms with Gasteiger partial charge < -0.3 is 20.2 Å². The van der Waals surface area contributed by atoms with Crippen molar-refractivity contribution in [2.75, 3.05) is 39.8 Å². The van der Waals surface area contributed by atoms with Gasteiger partial charge in [-0.05, 0) is 38.3 Å². The Morgan fingerprint density at radius 3 is 2.52 bits per heavy atom. The summed E-state index contributed by atoms with van der Waals surface area (Å²) < 4.78 is 0. The second-order valence-corrected chi connectivity index (χ2v) is 8.05. The molecule has 0 aromatic carbocycles. The Balaban J connectivity index is 2.33. The van der Waals surface area contributed by atoms with Crippen LogP contribution in [0.3, 0.4) is 0 Å². The largest absolute Gasteiger partial charge is 0.389 e. The van der Waals surface area contributed by atoms with Crippen molar-refractivity contribution >= 4 is 0 Å². The van der Waals surface area contributed by atoms with Crippen LogP contribution in [0.2, 0.25) is 0 Å². The number of rotatable bonds is 8. The summed E-state index contributed by atoms with van der Waals surface area (Å²) in [5.41, 5.74) is 1.76. The normalized spacial score (nSPS) is 23.4. The molecule has 4 heteroatoms. The zero-order valence-electron chi connectivity index (χ0n) is 17.6. The van der Waals surface area contributed by atoms with Crippen molar-refractivity contribution < 1.29 is 5.11 Å². The number of allylic oxidation sites excluding steroid dienone is 5. The van der Waals surface area contributed by atoms with E-state index in [-0.39, 0.29) is 5.92 Å². The van der Waals surface area contributed by atoms with Gasteiger partial charge in [0, 0.05) is 57.6 Å². The van der Waals surface area contributed by atoms with Crippen LogP contribution in [0.1, 0.15) is 46.0 Å². The molecule has 2 fully saturated rings. The van der Waals surface area contributed by atoms with Crippen molar-refractivity contribution in [3.8, 4) is 0 Å². The Morgan fingerprint density at radius 2 is 1.93 bits per heavy atom. The summed E-state index contributed by atoms with van der Waals surface area (Å²) in [6.07, 6.45) is 15.6. The zero-order chi connectivity index (χ0) is 19.7. The SMILES string of the molecule is C=C/C=C(\C)N(C)/C=C(\C=C\C)C(CN1CCNCC1)C1(O)CCCCC1. The van der Waals surface area contributed by atoms with Crippen molar-refractivity contribution in [2.45, 2.75) is 51.6 Å². The molecule has 1 atom stereocenters. The van der Waals surface area contributed by atoms with E-state index in [1.807, 2.05) is 12.2 Å². The van der Waals surface area contributed by atoms with Gasteiger partial charge in [-0.2, -0.15) is 0 Å². The fourth-order valence-corrected chi connectivity index (χ4v) is 4.31. The average Bonchev–Trinajstić information content (AvgIpc) is 2.67. The highest BCUT2D eigenvalue weighted by molar-refractivity contribution is 5.27. The Morgan fingerprint density at radius 1 is 1.26 bits per heavy atom. The fraction of sp³-hybridized carbons (Fsp3) is 0.652. The first-order valence-electron chi connectivity index (χ1n) is 10.5. The lowest BCUT2D eigenvalue weighted by Gasteiger charge is -2.43. The molecule has 152 valence electrons. The number of aliphatic hydroxyl groups is 1. The monoisotopic (exact) mass is 373 g/mol. The van der Waals surface area contributed by atoms with Gasteiger partial charge in [0.2, 0.25) is 0 Å². The smallest absolute Gasteiger partial charge is 0.0728 e. The molecule has 0 spiro atoms. The lowest BCUT2D eigenvalue weighted by molar-refractivity contribution is -0.0464. The van der Waals surface area contributed by atoms with E-state index in [4.69, 9.17) is 0 Å². The predicted octanol–water partition coefficient (Wildman–Crippen LogP) is 3.68. The Bertz CT molecular complexity index is 552. The summed E-state index contributed by atoms with van der Waals surface area (Å²) in [5.74, 6) is 0.131. The van der Waals surface area contributed by atoms with Crippen molar-refractivity contribution in [1.82, 2.24) is 15.1 Å². The van der Waals surface area contributed by atoms with Gasteiger partial charge in [-0.3, -0.25) is 0 Å². The fourth-order valence-electron chi connectivity index (χ4n) is 4.31. The maximum atomic E-state index is 11.6. The molecule has 4 nitrogen and oxygen atoms in total. The Labute approximate surface area is 166 Å². The molecule has 1 saturated heterocycles. The highest BCUT2D eigenvalue weighted by Crippen LogP contribution is 2.39. The van der Waals surface area contributed by atoms with Gasteiger partial charge in [-0.1, -0.05) is 44.1 Å². The third-order valence-electron chi connectivity index (χ3n) is 6.04. The van der Waals surface area contributed by atoms with Crippen LogP contribution in [0, 0.1) is 5.92 Å². The third kappa shape index (κ3) is 6.34. The molecular weight excluding hydrogens is 334 g/mol. The quantitative estimate of drug-likeness (QED) is 0.637. The first kappa shape index (κ1) is 21.9. The molecule has 0 radical (unpaired) electrons. The summed E-state index contributed by atoms with van der Waals surface area (Å²) >= 11 is 0. The van der Waals surface area contributed by atoms with Crippen molar-refractivity contribution in [3.05, 3.63) is 48.4 Å². The lowest BCUT2D eigenvalue weighted by Crippen LogP contribution is -2.51. The second-order valence-electron chi connectivity index (χ2n) is 8.05. The van der Waals surface area contributed by atoms with Crippen molar-refractivity contribution in [3.63, 3.8) is 0 Å². The van der Waals surface area contributed by atoms with Gasteiger partial charge in [0.25, 0.3) is 0 Å². The number of piperazine rings is 1. The van der Waals surface area contributed by atoms with Crippen LogP contribution in [0.4, 0.5) is 0 Å².